The summed E-state index contributed by atoms with van der Waals surface area (Å²) in [6, 6.07) is 9.50. The molecule has 1 N–H and O–H groups in total. The number of hydrogen-bond acceptors (Lipinski definition) is 3. The molecule has 1 heterocycles. The number of halogens is 2. The molecule has 0 unspecified atom stereocenters. The molecule has 5 nitrogen and oxygen atoms in total. The van der Waals surface area contributed by atoms with E-state index in [4.69, 9.17) is 16.3 Å². The van der Waals surface area contributed by atoms with Crippen LogP contribution in [0, 0.1) is 12.7 Å². The van der Waals surface area contributed by atoms with Crippen LogP contribution in [-0.4, -0.2) is 21.9 Å². The third-order valence-corrected chi connectivity index (χ3v) is 3.77. The first-order valence-corrected chi connectivity index (χ1v) is 7.18. The molecule has 2 aromatic carbocycles. The highest BCUT2D eigenvalue weighted by Gasteiger charge is 2.16. The third-order valence-electron chi connectivity index (χ3n) is 3.45. The van der Waals surface area contributed by atoms with Crippen LogP contribution in [0.25, 0.3) is 17.1 Å². The van der Waals surface area contributed by atoms with Crippen LogP contribution in [0.15, 0.2) is 41.2 Å². The van der Waals surface area contributed by atoms with Crippen molar-refractivity contribution in [3.63, 3.8) is 0 Å². The van der Waals surface area contributed by atoms with Gasteiger partial charge in [0.2, 0.25) is 0 Å². The Balaban J connectivity index is 2.14. The highest BCUT2D eigenvalue weighted by atomic mass is 35.5. The van der Waals surface area contributed by atoms with Crippen LogP contribution in [0.5, 0.6) is 5.75 Å². The number of ether oxygens (including phenoxy) is 1. The van der Waals surface area contributed by atoms with Gasteiger partial charge >= 0.3 is 5.69 Å². The van der Waals surface area contributed by atoms with Crippen molar-refractivity contribution in [2.75, 3.05) is 7.11 Å². The van der Waals surface area contributed by atoms with Gasteiger partial charge in [0, 0.05) is 6.07 Å². The molecule has 23 heavy (non-hydrogen) atoms. The molecule has 0 amide bonds. The second-order valence-corrected chi connectivity index (χ2v) is 5.35. The minimum absolute atomic E-state index is 0.0593. The molecule has 0 saturated carbocycles. The smallest absolute Gasteiger partial charge is 0.348 e. The summed E-state index contributed by atoms with van der Waals surface area (Å²) in [6.45, 7) is 1.89. The second-order valence-electron chi connectivity index (χ2n) is 4.94. The topological polar surface area (TPSA) is 59.9 Å². The Morgan fingerprint density at radius 3 is 2.78 bits per heavy atom. The molecule has 0 aliphatic carbocycles. The molecule has 7 heteroatoms. The number of aryl methyl sites for hydroxylation is 1. The fourth-order valence-electron chi connectivity index (χ4n) is 2.28. The van der Waals surface area contributed by atoms with Crippen molar-refractivity contribution < 1.29 is 9.13 Å². The van der Waals surface area contributed by atoms with Gasteiger partial charge in [-0.1, -0.05) is 23.7 Å². The number of benzene rings is 2. The number of methoxy groups -OCH3 is 1. The zero-order valence-corrected chi connectivity index (χ0v) is 13.2. The van der Waals surface area contributed by atoms with Crippen molar-refractivity contribution in [3.8, 4) is 22.8 Å². The number of H-pyrrole nitrogens is 1. The van der Waals surface area contributed by atoms with E-state index in [0.29, 0.717) is 11.4 Å². The van der Waals surface area contributed by atoms with Crippen LogP contribution in [-0.2, 0) is 0 Å². The van der Waals surface area contributed by atoms with Gasteiger partial charge < -0.3 is 4.74 Å². The van der Waals surface area contributed by atoms with Crippen molar-refractivity contribution in [1.29, 1.82) is 0 Å². The minimum Gasteiger partial charge on any atom is -0.496 e. The molecule has 0 radical (unpaired) electrons. The lowest BCUT2D eigenvalue weighted by Crippen LogP contribution is -2.16. The van der Waals surface area contributed by atoms with Gasteiger partial charge in [0.1, 0.15) is 11.6 Å². The summed E-state index contributed by atoms with van der Waals surface area (Å²) < 4.78 is 20.4. The van der Waals surface area contributed by atoms with Gasteiger partial charge in [0.25, 0.3) is 0 Å². The van der Waals surface area contributed by atoms with Crippen LogP contribution < -0.4 is 10.4 Å². The molecule has 0 saturated heterocycles. The Morgan fingerprint density at radius 1 is 1.30 bits per heavy atom. The van der Waals surface area contributed by atoms with E-state index in [1.54, 1.807) is 19.2 Å². The van der Waals surface area contributed by atoms with Crippen LogP contribution in [0.1, 0.15) is 5.56 Å². The molecule has 0 spiro atoms. The number of aromatic nitrogens is 3. The van der Waals surface area contributed by atoms with Crippen molar-refractivity contribution in [1.82, 2.24) is 14.8 Å². The lowest BCUT2D eigenvalue weighted by atomic mass is 10.2. The van der Waals surface area contributed by atoms with Crippen LogP contribution in [0.2, 0.25) is 5.02 Å². The predicted octanol–water partition coefficient (Wildman–Crippen LogP) is 3.34. The van der Waals surface area contributed by atoms with E-state index in [1.165, 1.54) is 18.2 Å². The predicted molar refractivity (Wildman–Crippen MR) is 85.9 cm³/mol. The average molecular weight is 334 g/mol. The van der Waals surface area contributed by atoms with E-state index in [9.17, 15) is 9.18 Å². The Labute approximate surface area is 136 Å². The number of aromatic amines is 1. The van der Waals surface area contributed by atoms with Gasteiger partial charge in [0.05, 0.1) is 23.4 Å². The Kier molecular flexibility index (Phi) is 3.92. The summed E-state index contributed by atoms with van der Waals surface area (Å²) in [6.07, 6.45) is 0. The van der Waals surface area contributed by atoms with E-state index in [2.05, 4.69) is 10.1 Å². The standard InChI is InChI=1S/C16H13ClFN3O2/c1-9-6-7-10(8-13(9)23-2)21-16(22)19-15(20-21)14-11(17)4-3-5-12(14)18/h3-8H,1-2H3,(H,19,20,22). The molecule has 1 aromatic heterocycles. The van der Waals surface area contributed by atoms with E-state index in [0.717, 1.165) is 10.2 Å². The van der Waals surface area contributed by atoms with Crippen molar-refractivity contribution in [2.24, 2.45) is 0 Å². The number of nitrogens with one attached hydrogen (secondary N) is 1. The molecular weight excluding hydrogens is 321 g/mol. The van der Waals surface area contributed by atoms with Crippen LogP contribution in [0.3, 0.4) is 0 Å². The highest BCUT2D eigenvalue weighted by Crippen LogP contribution is 2.27. The molecule has 0 atom stereocenters. The largest absolute Gasteiger partial charge is 0.496 e. The van der Waals surface area contributed by atoms with Gasteiger partial charge in [-0.25, -0.2) is 9.18 Å². The molecule has 3 aromatic rings. The van der Waals surface area contributed by atoms with Gasteiger partial charge in [-0.15, -0.1) is 5.10 Å². The van der Waals surface area contributed by atoms with E-state index in [1.807, 2.05) is 13.0 Å². The summed E-state index contributed by atoms with van der Waals surface area (Å²) in [5, 5.41) is 4.32. The van der Waals surface area contributed by atoms with Gasteiger partial charge in [-0.05, 0) is 30.7 Å². The Morgan fingerprint density at radius 2 is 2.09 bits per heavy atom. The lowest BCUT2D eigenvalue weighted by molar-refractivity contribution is 0.411. The fourth-order valence-corrected chi connectivity index (χ4v) is 2.53. The number of hydrogen-bond donors (Lipinski definition) is 1. The molecule has 0 fully saturated rings. The summed E-state index contributed by atoms with van der Waals surface area (Å²) in [7, 11) is 1.55. The first kappa shape index (κ1) is 15.3. The summed E-state index contributed by atoms with van der Waals surface area (Å²) >= 11 is 6.01. The van der Waals surface area contributed by atoms with Crippen molar-refractivity contribution in [2.45, 2.75) is 6.92 Å². The highest BCUT2D eigenvalue weighted by molar-refractivity contribution is 6.33. The summed E-state index contributed by atoms with van der Waals surface area (Å²) in [4.78, 5) is 14.7. The quantitative estimate of drug-likeness (QED) is 0.799. The fraction of sp³-hybridized carbons (Fsp3) is 0.125. The first-order valence-electron chi connectivity index (χ1n) is 6.80. The van der Waals surface area contributed by atoms with E-state index in [-0.39, 0.29) is 16.4 Å². The maximum absolute atomic E-state index is 14.0. The lowest BCUT2D eigenvalue weighted by Gasteiger charge is -2.06. The monoisotopic (exact) mass is 333 g/mol. The maximum Gasteiger partial charge on any atom is 0.348 e. The van der Waals surface area contributed by atoms with Crippen LogP contribution >= 0.6 is 11.6 Å². The van der Waals surface area contributed by atoms with Gasteiger partial charge in [-0.3, -0.25) is 4.98 Å². The summed E-state index contributed by atoms with van der Waals surface area (Å²) in [5.74, 6) is 0.139. The SMILES string of the molecule is COc1cc(-n2nc(-c3c(F)cccc3Cl)[nH]c2=O)ccc1C. The minimum atomic E-state index is -0.556. The normalized spacial score (nSPS) is 10.8. The molecule has 0 aliphatic rings. The number of nitrogens with zero attached hydrogens (tertiary/aromatic N) is 2. The summed E-state index contributed by atoms with van der Waals surface area (Å²) in [5.41, 5.74) is 0.999. The van der Waals surface area contributed by atoms with Crippen molar-refractivity contribution >= 4 is 11.6 Å². The van der Waals surface area contributed by atoms with Crippen molar-refractivity contribution in [3.05, 3.63) is 63.3 Å². The number of rotatable bonds is 3. The second kappa shape index (κ2) is 5.89. The first-order chi connectivity index (χ1) is 11.0. The van der Waals surface area contributed by atoms with E-state index < -0.39 is 11.5 Å². The maximum atomic E-state index is 14.0. The Bertz CT molecular complexity index is 913. The zero-order chi connectivity index (χ0) is 16.6. The third kappa shape index (κ3) is 2.73. The van der Waals surface area contributed by atoms with Gasteiger partial charge in [0.15, 0.2) is 5.82 Å². The molecule has 3 rings (SSSR count). The van der Waals surface area contributed by atoms with E-state index >= 15 is 0 Å². The molecule has 0 aliphatic heterocycles. The molecular formula is C16H13ClFN3O2. The average Bonchev–Trinajstić information content (AvgIpc) is 2.89. The Hall–Kier alpha value is -2.60. The molecule has 0 bridgehead atoms. The van der Waals surface area contributed by atoms with Gasteiger partial charge in [-0.2, -0.15) is 4.68 Å². The molecule has 118 valence electrons. The van der Waals surface area contributed by atoms with Crippen LogP contribution in [0.4, 0.5) is 4.39 Å². The zero-order valence-electron chi connectivity index (χ0n) is 12.4.